The average Bonchev–Trinajstić information content (AvgIpc) is 3.19. The first kappa shape index (κ1) is 19.8. The SMILES string of the molecule is CC(C)c1nc(C(=O)NC2CC3CCC(C2)N3)nn1-c1ccccc1F.Cl. The van der Waals surface area contributed by atoms with Crippen molar-refractivity contribution in [1.29, 1.82) is 0 Å². The van der Waals surface area contributed by atoms with Crippen LogP contribution in [-0.4, -0.2) is 38.8 Å². The van der Waals surface area contributed by atoms with Crippen LogP contribution in [0.4, 0.5) is 4.39 Å². The van der Waals surface area contributed by atoms with E-state index in [0.717, 1.165) is 12.8 Å². The number of halogens is 2. The summed E-state index contributed by atoms with van der Waals surface area (Å²) in [5, 5.41) is 11.0. The van der Waals surface area contributed by atoms with Crippen molar-refractivity contribution >= 4 is 18.3 Å². The molecule has 2 N–H and O–H groups in total. The van der Waals surface area contributed by atoms with E-state index in [4.69, 9.17) is 0 Å². The van der Waals surface area contributed by atoms with Crippen molar-refractivity contribution in [3.63, 3.8) is 0 Å². The lowest BCUT2D eigenvalue weighted by molar-refractivity contribution is 0.0913. The number of para-hydroxylation sites is 1. The molecule has 2 atom stereocenters. The molecule has 0 aliphatic carbocycles. The molecule has 2 aliphatic rings. The molecule has 1 aromatic heterocycles. The molecule has 146 valence electrons. The summed E-state index contributed by atoms with van der Waals surface area (Å²) in [4.78, 5) is 17.1. The van der Waals surface area contributed by atoms with Gasteiger partial charge >= 0.3 is 0 Å². The third-order valence-electron chi connectivity index (χ3n) is 5.24. The Kier molecular flexibility index (Phi) is 5.81. The molecule has 1 amide bonds. The quantitative estimate of drug-likeness (QED) is 0.837. The molecule has 2 fully saturated rings. The van der Waals surface area contributed by atoms with Crippen LogP contribution in [0.15, 0.2) is 24.3 Å². The van der Waals surface area contributed by atoms with Gasteiger partial charge in [0.15, 0.2) is 0 Å². The molecule has 6 nitrogen and oxygen atoms in total. The summed E-state index contributed by atoms with van der Waals surface area (Å²) in [6, 6.07) is 7.53. The number of nitrogens with zero attached hydrogens (tertiary/aromatic N) is 3. The van der Waals surface area contributed by atoms with Crippen molar-refractivity contribution in [3.05, 3.63) is 41.7 Å². The van der Waals surface area contributed by atoms with E-state index in [9.17, 15) is 9.18 Å². The fourth-order valence-corrected chi connectivity index (χ4v) is 4.02. The summed E-state index contributed by atoms with van der Waals surface area (Å²) in [5.41, 5.74) is 0.308. The zero-order valence-corrected chi connectivity index (χ0v) is 16.3. The number of benzene rings is 1. The monoisotopic (exact) mass is 393 g/mol. The first-order valence-electron chi connectivity index (χ1n) is 9.30. The minimum Gasteiger partial charge on any atom is -0.346 e. The largest absolute Gasteiger partial charge is 0.346 e. The van der Waals surface area contributed by atoms with Gasteiger partial charge in [0.25, 0.3) is 5.91 Å². The van der Waals surface area contributed by atoms with E-state index in [2.05, 4.69) is 20.7 Å². The number of amides is 1. The number of carbonyl (C=O) groups is 1. The number of aromatic nitrogens is 3. The van der Waals surface area contributed by atoms with Gasteiger partial charge in [-0.15, -0.1) is 17.5 Å². The molecular weight excluding hydrogens is 369 g/mol. The second-order valence-electron chi connectivity index (χ2n) is 7.59. The molecule has 0 saturated carbocycles. The number of fused-ring (bicyclic) bond motifs is 2. The van der Waals surface area contributed by atoms with E-state index in [1.807, 2.05) is 13.8 Å². The standard InChI is InChI=1S/C19H24FN5O.ClH/c1-11(2)18-23-17(24-25(18)16-6-4-3-5-15(16)20)19(26)22-14-9-12-7-8-13(10-14)21-12;/h3-6,11-14,21H,7-10H2,1-2H3,(H,22,26);1H. The van der Waals surface area contributed by atoms with Gasteiger partial charge in [0.2, 0.25) is 5.82 Å². The van der Waals surface area contributed by atoms with Gasteiger partial charge in [-0.1, -0.05) is 26.0 Å². The number of piperidine rings is 1. The second-order valence-corrected chi connectivity index (χ2v) is 7.59. The zero-order chi connectivity index (χ0) is 18.3. The first-order valence-corrected chi connectivity index (χ1v) is 9.30. The van der Waals surface area contributed by atoms with Crippen molar-refractivity contribution in [2.45, 2.75) is 63.6 Å². The van der Waals surface area contributed by atoms with Crippen molar-refractivity contribution in [2.24, 2.45) is 0 Å². The Balaban J connectivity index is 0.00000210. The Labute approximate surface area is 164 Å². The summed E-state index contributed by atoms with van der Waals surface area (Å²) in [7, 11) is 0. The molecule has 2 unspecified atom stereocenters. The fourth-order valence-electron chi connectivity index (χ4n) is 4.02. The van der Waals surface area contributed by atoms with Crippen LogP contribution in [-0.2, 0) is 0 Å². The van der Waals surface area contributed by atoms with Crippen molar-refractivity contribution in [2.75, 3.05) is 0 Å². The zero-order valence-electron chi connectivity index (χ0n) is 15.5. The summed E-state index contributed by atoms with van der Waals surface area (Å²) in [6.07, 6.45) is 4.23. The lowest BCUT2D eigenvalue weighted by Crippen LogP contribution is -2.48. The first-order chi connectivity index (χ1) is 12.5. The Morgan fingerprint density at radius 2 is 1.93 bits per heavy atom. The molecule has 4 rings (SSSR count). The van der Waals surface area contributed by atoms with Crippen LogP contribution < -0.4 is 10.6 Å². The summed E-state index contributed by atoms with van der Waals surface area (Å²) < 4.78 is 15.6. The molecule has 2 saturated heterocycles. The van der Waals surface area contributed by atoms with Gasteiger partial charge in [-0.05, 0) is 37.8 Å². The van der Waals surface area contributed by atoms with Crippen molar-refractivity contribution in [1.82, 2.24) is 25.4 Å². The minimum atomic E-state index is -0.388. The van der Waals surface area contributed by atoms with Gasteiger partial charge < -0.3 is 10.6 Å². The molecule has 0 spiro atoms. The molecule has 2 bridgehead atoms. The van der Waals surface area contributed by atoms with Gasteiger partial charge in [-0.2, -0.15) is 0 Å². The molecular formula is C19H25ClFN5O. The van der Waals surface area contributed by atoms with Crippen LogP contribution in [0, 0.1) is 5.82 Å². The van der Waals surface area contributed by atoms with Crippen molar-refractivity contribution in [3.8, 4) is 5.69 Å². The van der Waals surface area contributed by atoms with E-state index < -0.39 is 0 Å². The predicted molar refractivity (Wildman–Crippen MR) is 103 cm³/mol. The number of hydrogen-bond donors (Lipinski definition) is 2. The van der Waals surface area contributed by atoms with Crippen LogP contribution in [0.25, 0.3) is 5.69 Å². The maximum absolute atomic E-state index is 14.2. The summed E-state index contributed by atoms with van der Waals surface area (Å²) in [5.74, 6) is 0.0151. The molecule has 2 aromatic rings. The molecule has 8 heteroatoms. The molecule has 3 heterocycles. The van der Waals surface area contributed by atoms with E-state index in [-0.39, 0.29) is 41.9 Å². The Morgan fingerprint density at radius 3 is 2.56 bits per heavy atom. The van der Waals surface area contributed by atoms with Gasteiger partial charge in [-0.3, -0.25) is 4.79 Å². The van der Waals surface area contributed by atoms with Crippen molar-refractivity contribution < 1.29 is 9.18 Å². The molecule has 1 aromatic carbocycles. The second kappa shape index (κ2) is 7.94. The maximum atomic E-state index is 14.2. The number of carbonyl (C=O) groups excluding carboxylic acids is 1. The smallest absolute Gasteiger partial charge is 0.291 e. The number of nitrogens with one attached hydrogen (secondary N) is 2. The highest BCUT2D eigenvalue weighted by atomic mass is 35.5. The highest BCUT2D eigenvalue weighted by Gasteiger charge is 2.34. The van der Waals surface area contributed by atoms with E-state index >= 15 is 0 Å². The van der Waals surface area contributed by atoms with Crippen LogP contribution in [0.5, 0.6) is 0 Å². The lowest BCUT2D eigenvalue weighted by atomic mass is 10.00. The van der Waals surface area contributed by atoms with Gasteiger partial charge in [-0.25, -0.2) is 14.1 Å². The number of hydrogen-bond acceptors (Lipinski definition) is 4. The maximum Gasteiger partial charge on any atom is 0.291 e. The van der Waals surface area contributed by atoms with Crippen LogP contribution in [0.3, 0.4) is 0 Å². The normalized spacial score (nSPS) is 23.9. The van der Waals surface area contributed by atoms with E-state index in [1.54, 1.807) is 18.2 Å². The third-order valence-corrected chi connectivity index (χ3v) is 5.24. The van der Waals surface area contributed by atoms with Gasteiger partial charge in [0.05, 0.1) is 0 Å². The summed E-state index contributed by atoms with van der Waals surface area (Å²) >= 11 is 0. The average molecular weight is 394 g/mol. The third kappa shape index (κ3) is 3.99. The van der Waals surface area contributed by atoms with Crippen LogP contribution >= 0.6 is 12.4 Å². The van der Waals surface area contributed by atoms with Gasteiger partial charge in [0.1, 0.15) is 17.3 Å². The lowest BCUT2D eigenvalue weighted by Gasteiger charge is -2.29. The minimum absolute atomic E-state index is 0. The Morgan fingerprint density at radius 1 is 1.26 bits per heavy atom. The molecule has 0 radical (unpaired) electrons. The Bertz CT molecular complexity index is 812. The highest BCUT2D eigenvalue weighted by molar-refractivity contribution is 5.90. The number of rotatable bonds is 4. The highest BCUT2D eigenvalue weighted by Crippen LogP contribution is 2.27. The fraction of sp³-hybridized carbons (Fsp3) is 0.526. The van der Waals surface area contributed by atoms with Gasteiger partial charge in [0, 0.05) is 24.0 Å². The summed E-state index contributed by atoms with van der Waals surface area (Å²) in [6.45, 7) is 3.90. The molecule has 27 heavy (non-hydrogen) atoms. The predicted octanol–water partition coefficient (Wildman–Crippen LogP) is 2.96. The van der Waals surface area contributed by atoms with E-state index in [0.29, 0.717) is 23.6 Å². The topological polar surface area (TPSA) is 71.8 Å². The Hall–Kier alpha value is -1.99. The molecule has 2 aliphatic heterocycles. The van der Waals surface area contributed by atoms with Crippen LogP contribution in [0.1, 0.15) is 61.9 Å². The van der Waals surface area contributed by atoms with E-state index in [1.165, 1.54) is 23.6 Å². The van der Waals surface area contributed by atoms with Crippen LogP contribution in [0.2, 0.25) is 0 Å².